The Morgan fingerprint density at radius 3 is 3.00 bits per heavy atom. The molecule has 0 aliphatic rings. The van der Waals surface area contributed by atoms with Crippen molar-refractivity contribution in [2.75, 3.05) is 0 Å². The molecule has 0 fully saturated rings. The first-order valence-electron chi connectivity index (χ1n) is 5.52. The summed E-state index contributed by atoms with van der Waals surface area (Å²) in [5.74, 6) is 0. The maximum absolute atomic E-state index is 4.56. The summed E-state index contributed by atoms with van der Waals surface area (Å²) in [5.41, 5.74) is 4.97. The van der Waals surface area contributed by atoms with Gasteiger partial charge in [0.15, 0.2) is 5.65 Å². The van der Waals surface area contributed by atoms with Crippen LogP contribution in [0.1, 0.15) is 0 Å². The van der Waals surface area contributed by atoms with E-state index in [-0.39, 0.29) is 0 Å². The molecule has 0 bridgehead atoms. The molecule has 6 nitrogen and oxygen atoms in total. The molecular formula is C12H8N6. The number of hydrogen-bond donors (Lipinski definition) is 2. The van der Waals surface area contributed by atoms with E-state index in [9.17, 15) is 0 Å². The maximum atomic E-state index is 4.56. The van der Waals surface area contributed by atoms with Gasteiger partial charge in [-0.3, -0.25) is 0 Å². The highest BCUT2D eigenvalue weighted by Gasteiger charge is 2.09. The monoisotopic (exact) mass is 236 g/mol. The van der Waals surface area contributed by atoms with Crippen LogP contribution < -0.4 is 0 Å². The summed E-state index contributed by atoms with van der Waals surface area (Å²) in [6, 6.07) is 7.70. The third kappa shape index (κ3) is 1.22. The van der Waals surface area contributed by atoms with E-state index >= 15 is 0 Å². The van der Waals surface area contributed by atoms with Crippen molar-refractivity contribution in [3.8, 4) is 11.3 Å². The van der Waals surface area contributed by atoms with E-state index in [0.717, 1.165) is 33.5 Å². The van der Waals surface area contributed by atoms with Crippen LogP contribution in [0.15, 0.2) is 36.7 Å². The van der Waals surface area contributed by atoms with Crippen molar-refractivity contribution in [3.05, 3.63) is 36.7 Å². The average Bonchev–Trinajstić information content (AvgIpc) is 3.05. The van der Waals surface area contributed by atoms with Crippen LogP contribution in [0.5, 0.6) is 0 Å². The standard InChI is InChI=1S/C12H8N6/c1-2-7(11-8(3-1)16-18-17-11)10-6-14-12-9(15-10)4-5-13-12/h1-6H,(H,13,14)(H,16,17,18). The highest BCUT2D eigenvalue weighted by Crippen LogP contribution is 2.24. The Bertz CT molecular complexity index is 844. The van der Waals surface area contributed by atoms with Crippen molar-refractivity contribution in [1.29, 1.82) is 0 Å². The topological polar surface area (TPSA) is 83.1 Å². The second-order valence-electron chi connectivity index (χ2n) is 3.96. The predicted octanol–water partition coefficient (Wildman–Crippen LogP) is 1.90. The highest BCUT2D eigenvalue weighted by atomic mass is 15.3. The normalized spacial score (nSPS) is 11.3. The van der Waals surface area contributed by atoms with Gasteiger partial charge in [0.25, 0.3) is 0 Å². The van der Waals surface area contributed by atoms with Crippen molar-refractivity contribution >= 4 is 22.2 Å². The zero-order valence-electron chi connectivity index (χ0n) is 9.25. The lowest BCUT2D eigenvalue weighted by atomic mass is 10.1. The summed E-state index contributed by atoms with van der Waals surface area (Å²) in [5, 5.41) is 10.8. The van der Waals surface area contributed by atoms with Crippen molar-refractivity contribution in [2.24, 2.45) is 0 Å². The minimum absolute atomic E-state index is 0.783. The lowest BCUT2D eigenvalue weighted by Crippen LogP contribution is -1.88. The Kier molecular flexibility index (Phi) is 1.74. The lowest BCUT2D eigenvalue weighted by Gasteiger charge is -2.00. The summed E-state index contributed by atoms with van der Waals surface area (Å²) in [7, 11) is 0. The molecule has 0 spiro atoms. The first-order valence-corrected chi connectivity index (χ1v) is 5.52. The number of nitrogens with zero attached hydrogens (tertiary/aromatic N) is 4. The van der Waals surface area contributed by atoms with E-state index in [1.807, 2.05) is 30.5 Å². The van der Waals surface area contributed by atoms with Gasteiger partial charge in [-0.15, -0.1) is 0 Å². The van der Waals surface area contributed by atoms with Gasteiger partial charge in [0, 0.05) is 11.8 Å². The van der Waals surface area contributed by atoms with Gasteiger partial charge in [0.1, 0.15) is 16.6 Å². The van der Waals surface area contributed by atoms with Crippen LogP contribution in [0.2, 0.25) is 0 Å². The molecule has 4 rings (SSSR count). The van der Waals surface area contributed by atoms with E-state index < -0.39 is 0 Å². The second-order valence-corrected chi connectivity index (χ2v) is 3.96. The Balaban J connectivity index is 2.03. The van der Waals surface area contributed by atoms with Gasteiger partial charge < -0.3 is 4.98 Å². The zero-order valence-corrected chi connectivity index (χ0v) is 9.25. The lowest BCUT2D eigenvalue weighted by molar-refractivity contribution is 0.959. The smallest absolute Gasteiger partial charge is 0.156 e. The summed E-state index contributed by atoms with van der Waals surface area (Å²) in [6.07, 6.45) is 3.56. The Hall–Kier alpha value is -2.76. The number of hydrogen-bond acceptors (Lipinski definition) is 4. The summed E-state index contributed by atoms with van der Waals surface area (Å²) >= 11 is 0. The van der Waals surface area contributed by atoms with Gasteiger partial charge >= 0.3 is 0 Å². The van der Waals surface area contributed by atoms with Gasteiger partial charge in [-0.1, -0.05) is 12.1 Å². The molecule has 0 unspecified atom stereocenters. The molecular weight excluding hydrogens is 228 g/mol. The van der Waals surface area contributed by atoms with Crippen LogP contribution in [0.25, 0.3) is 33.5 Å². The molecule has 18 heavy (non-hydrogen) atoms. The molecule has 0 aliphatic carbocycles. The van der Waals surface area contributed by atoms with E-state index in [0.29, 0.717) is 0 Å². The van der Waals surface area contributed by atoms with Crippen LogP contribution >= 0.6 is 0 Å². The molecule has 1 aromatic carbocycles. The van der Waals surface area contributed by atoms with E-state index in [1.165, 1.54) is 0 Å². The minimum Gasteiger partial charge on any atom is -0.345 e. The summed E-state index contributed by atoms with van der Waals surface area (Å²) in [6.45, 7) is 0. The molecule has 2 N–H and O–H groups in total. The van der Waals surface area contributed by atoms with Crippen molar-refractivity contribution in [2.45, 2.75) is 0 Å². The molecule has 3 heterocycles. The van der Waals surface area contributed by atoms with Gasteiger partial charge in [-0.2, -0.15) is 15.4 Å². The van der Waals surface area contributed by atoms with Gasteiger partial charge in [-0.25, -0.2) is 9.97 Å². The molecule has 3 aromatic heterocycles. The Labute approximate surface area is 101 Å². The summed E-state index contributed by atoms with van der Waals surface area (Å²) < 4.78 is 0. The number of fused-ring (bicyclic) bond motifs is 2. The quantitative estimate of drug-likeness (QED) is 0.528. The van der Waals surface area contributed by atoms with Crippen LogP contribution in [0.4, 0.5) is 0 Å². The van der Waals surface area contributed by atoms with Crippen molar-refractivity contribution < 1.29 is 0 Å². The van der Waals surface area contributed by atoms with Gasteiger partial charge in [0.2, 0.25) is 0 Å². The number of H-pyrrole nitrogens is 2. The molecule has 0 amide bonds. The van der Waals surface area contributed by atoms with Crippen LogP contribution in [-0.2, 0) is 0 Å². The van der Waals surface area contributed by atoms with Crippen LogP contribution in [0, 0.1) is 0 Å². The fourth-order valence-corrected chi connectivity index (χ4v) is 2.03. The van der Waals surface area contributed by atoms with Crippen molar-refractivity contribution in [3.63, 3.8) is 0 Å². The number of benzene rings is 1. The fraction of sp³-hybridized carbons (Fsp3) is 0. The molecule has 0 saturated heterocycles. The molecule has 0 saturated carbocycles. The van der Waals surface area contributed by atoms with Gasteiger partial charge in [-0.05, 0) is 12.1 Å². The molecule has 0 atom stereocenters. The van der Waals surface area contributed by atoms with Gasteiger partial charge in [0.05, 0.1) is 11.9 Å². The highest BCUT2D eigenvalue weighted by molar-refractivity contribution is 5.90. The van der Waals surface area contributed by atoms with Crippen LogP contribution in [0.3, 0.4) is 0 Å². The number of nitrogens with one attached hydrogen (secondary N) is 2. The van der Waals surface area contributed by atoms with E-state index in [2.05, 4.69) is 30.4 Å². The molecule has 4 aromatic rings. The zero-order chi connectivity index (χ0) is 11.9. The van der Waals surface area contributed by atoms with E-state index in [1.54, 1.807) is 6.20 Å². The third-order valence-electron chi connectivity index (χ3n) is 2.88. The SMILES string of the molecule is c1cc(-c2cnc3[nH]ccc3n2)c2n[nH]nc2c1. The molecule has 86 valence electrons. The minimum atomic E-state index is 0.783. The van der Waals surface area contributed by atoms with Crippen molar-refractivity contribution in [1.82, 2.24) is 30.4 Å². The Morgan fingerprint density at radius 2 is 2.00 bits per heavy atom. The average molecular weight is 236 g/mol. The second kappa shape index (κ2) is 3.36. The Morgan fingerprint density at radius 1 is 1.00 bits per heavy atom. The summed E-state index contributed by atoms with van der Waals surface area (Å²) in [4.78, 5) is 11.9. The molecule has 6 heteroatoms. The number of aromatic amines is 2. The predicted molar refractivity (Wildman–Crippen MR) is 66.8 cm³/mol. The first kappa shape index (κ1) is 9.29. The largest absolute Gasteiger partial charge is 0.345 e. The molecule has 0 radical (unpaired) electrons. The number of aromatic nitrogens is 6. The first-order chi connectivity index (χ1) is 8.92. The van der Waals surface area contributed by atoms with Crippen LogP contribution in [-0.4, -0.2) is 30.4 Å². The maximum Gasteiger partial charge on any atom is 0.156 e. The fourth-order valence-electron chi connectivity index (χ4n) is 2.03. The number of para-hydroxylation sites is 1. The van der Waals surface area contributed by atoms with E-state index in [4.69, 9.17) is 0 Å². The number of rotatable bonds is 1. The third-order valence-corrected chi connectivity index (χ3v) is 2.88. The molecule has 0 aliphatic heterocycles.